The highest BCUT2D eigenvalue weighted by atomic mass is 32.2. The Hall–Kier alpha value is -1.80. The fourth-order valence-electron chi connectivity index (χ4n) is 1.51. The molecule has 0 aliphatic rings. The Labute approximate surface area is 119 Å². The van der Waals surface area contributed by atoms with Gasteiger partial charge in [-0.1, -0.05) is 17.3 Å². The summed E-state index contributed by atoms with van der Waals surface area (Å²) >= 11 is 0. The van der Waals surface area contributed by atoms with E-state index in [0.717, 1.165) is 4.31 Å². The van der Waals surface area contributed by atoms with Crippen LogP contribution in [0.4, 0.5) is 5.69 Å². The van der Waals surface area contributed by atoms with E-state index in [-0.39, 0.29) is 11.9 Å². The lowest BCUT2D eigenvalue weighted by Crippen LogP contribution is -2.43. The topological polar surface area (TPSA) is 99.2 Å². The summed E-state index contributed by atoms with van der Waals surface area (Å²) in [7, 11) is -0.641. The Morgan fingerprint density at radius 2 is 1.95 bits per heavy atom. The molecule has 0 spiro atoms. The van der Waals surface area contributed by atoms with Crippen LogP contribution in [0.2, 0.25) is 0 Å². The fourth-order valence-corrected chi connectivity index (χ4v) is 2.81. The van der Waals surface area contributed by atoms with Crippen molar-refractivity contribution in [3.05, 3.63) is 29.8 Å². The molecule has 112 valence electrons. The minimum atomic E-state index is -3.62. The molecule has 1 aromatic rings. The molecule has 1 rings (SSSR count). The molecule has 8 heteroatoms. The number of benzene rings is 1. The third kappa shape index (κ3) is 3.20. The first-order valence-electron chi connectivity index (χ1n) is 6.01. The minimum absolute atomic E-state index is 0.0742. The van der Waals surface area contributed by atoms with Crippen molar-refractivity contribution in [3.63, 3.8) is 0 Å². The molecule has 0 saturated heterocycles. The molecule has 20 heavy (non-hydrogen) atoms. The van der Waals surface area contributed by atoms with Crippen molar-refractivity contribution in [2.45, 2.75) is 19.9 Å². The van der Waals surface area contributed by atoms with E-state index in [0.29, 0.717) is 11.3 Å². The lowest BCUT2D eigenvalue weighted by Gasteiger charge is -2.28. The predicted octanol–water partition coefficient (Wildman–Crippen LogP) is 0.802. The van der Waals surface area contributed by atoms with Crippen molar-refractivity contribution in [1.82, 2.24) is 4.31 Å². The van der Waals surface area contributed by atoms with Gasteiger partial charge < -0.3 is 10.9 Å². The van der Waals surface area contributed by atoms with Gasteiger partial charge in [0.1, 0.15) is 0 Å². The molecule has 0 aliphatic heterocycles. The van der Waals surface area contributed by atoms with Gasteiger partial charge in [-0.2, -0.15) is 12.7 Å². The van der Waals surface area contributed by atoms with Crippen LogP contribution in [0.25, 0.3) is 0 Å². The SMILES string of the molecule is CC(C)N(C)S(=O)(=O)N(C)c1cccc(C(N)=NO)c1. The molecular formula is C12H20N4O3S. The maximum atomic E-state index is 12.4. The average Bonchev–Trinajstić information content (AvgIpc) is 2.44. The summed E-state index contributed by atoms with van der Waals surface area (Å²) in [6, 6.07) is 6.30. The highest BCUT2D eigenvalue weighted by Crippen LogP contribution is 2.20. The summed E-state index contributed by atoms with van der Waals surface area (Å²) in [6.07, 6.45) is 0. The van der Waals surface area contributed by atoms with Crippen LogP contribution in [-0.4, -0.2) is 43.9 Å². The maximum Gasteiger partial charge on any atom is 0.303 e. The molecule has 0 bridgehead atoms. The first-order chi connectivity index (χ1) is 9.21. The summed E-state index contributed by atoms with van der Waals surface area (Å²) in [4.78, 5) is 0. The molecular weight excluding hydrogens is 280 g/mol. The van der Waals surface area contributed by atoms with Gasteiger partial charge in [-0.25, -0.2) is 0 Å². The van der Waals surface area contributed by atoms with Crippen molar-refractivity contribution in [2.75, 3.05) is 18.4 Å². The molecule has 1 aromatic carbocycles. The zero-order valence-electron chi connectivity index (χ0n) is 12.0. The Morgan fingerprint density at radius 1 is 1.35 bits per heavy atom. The molecule has 0 saturated carbocycles. The molecule has 0 fully saturated rings. The first kappa shape index (κ1) is 16.3. The number of amidine groups is 1. The summed E-state index contributed by atoms with van der Waals surface area (Å²) in [5.74, 6) is -0.0742. The second kappa shape index (κ2) is 6.10. The molecule has 0 unspecified atom stereocenters. The summed E-state index contributed by atoms with van der Waals surface area (Å²) in [5.41, 5.74) is 6.38. The molecule has 0 aliphatic carbocycles. The van der Waals surface area contributed by atoms with E-state index in [9.17, 15) is 8.42 Å². The van der Waals surface area contributed by atoms with E-state index in [1.165, 1.54) is 18.4 Å². The zero-order chi connectivity index (χ0) is 15.5. The van der Waals surface area contributed by atoms with Crippen LogP contribution in [-0.2, 0) is 10.2 Å². The van der Waals surface area contributed by atoms with Crippen LogP contribution in [0.3, 0.4) is 0 Å². The van der Waals surface area contributed by atoms with Gasteiger partial charge in [0.15, 0.2) is 5.84 Å². The van der Waals surface area contributed by atoms with E-state index in [2.05, 4.69) is 5.16 Å². The number of nitrogens with zero attached hydrogens (tertiary/aromatic N) is 3. The van der Waals surface area contributed by atoms with Crippen LogP contribution in [0.1, 0.15) is 19.4 Å². The molecule has 0 atom stereocenters. The van der Waals surface area contributed by atoms with Crippen molar-refractivity contribution in [1.29, 1.82) is 0 Å². The lowest BCUT2D eigenvalue weighted by molar-refractivity contribution is 0.318. The van der Waals surface area contributed by atoms with Gasteiger partial charge in [-0.3, -0.25) is 4.31 Å². The Kier molecular flexibility index (Phi) is 4.96. The van der Waals surface area contributed by atoms with Crippen LogP contribution in [0.15, 0.2) is 29.4 Å². The summed E-state index contributed by atoms with van der Waals surface area (Å²) < 4.78 is 27.1. The van der Waals surface area contributed by atoms with Crippen LogP contribution < -0.4 is 10.0 Å². The predicted molar refractivity (Wildman–Crippen MR) is 79.2 cm³/mol. The number of nitrogens with two attached hydrogens (primary N) is 1. The number of hydrogen-bond donors (Lipinski definition) is 2. The normalized spacial score (nSPS) is 13.0. The van der Waals surface area contributed by atoms with Gasteiger partial charge in [0.2, 0.25) is 0 Å². The molecule has 0 amide bonds. The van der Waals surface area contributed by atoms with Gasteiger partial charge in [0, 0.05) is 25.7 Å². The number of rotatable bonds is 5. The smallest absolute Gasteiger partial charge is 0.303 e. The Balaban J connectivity index is 3.19. The minimum Gasteiger partial charge on any atom is -0.409 e. The highest BCUT2D eigenvalue weighted by Gasteiger charge is 2.26. The van der Waals surface area contributed by atoms with E-state index >= 15 is 0 Å². The lowest BCUT2D eigenvalue weighted by atomic mass is 10.2. The molecule has 3 N–H and O–H groups in total. The van der Waals surface area contributed by atoms with E-state index in [1.807, 2.05) is 0 Å². The summed E-state index contributed by atoms with van der Waals surface area (Å²) in [5, 5.41) is 11.6. The molecule has 0 heterocycles. The van der Waals surface area contributed by atoms with Gasteiger partial charge in [-0.15, -0.1) is 0 Å². The quantitative estimate of drug-likeness (QED) is 0.363. The summed E-state index contributed by atoms with van der Waals surface area (Å²) in [6.45, 7) is 3.58. The van der Waals surface area contributed by atoms with Crippen LogP contribution >= 0.6 is 0 Å². The number of anilines is 1. The second-order valence-corrected chi connectivity index (χ2v) is 6.64. The van der Waals surface area contributed by atoms with Crippen LogP contribution in [0, 0.1) is 0 Å². The Morgan fingerprint density at radius 3 is 2.45 bits per heavy atom. The van der Waals surface area contributed by atoms with Crippen molar-refractivity contribution in [2.24, 2.45) is 10.9 Å². The Bertz CT molecular complexity index is 598. The van der Waals surface area contributed by atoms with Crippen molar-refractivity contribution < 1.29 is 13.6 Å². The van der Waals surface area contributed by atoms with Gasteiger partial charge in [0.05, 0.1) is 5.69 Å². The van der Waals surface area contributed by atoms with Crippen LogP contribution in [0.5, 0.6) is 0 Å². The van der Waals surface area contributed by atoms with Gasteiger partial charge in [0.25, 0.3) is 0 Å². The average molecular weight is 300 g/mol. The van der Waals surface area contributed by atoms with Gasteiger partial charge >= 0.3 is 10.2 Å². The van der Waals surface area contributed by atoms with Crippen molar-refractivity contribution in [3.8, 4) is 0 Å². The van der Waals surface area contributed by atoms with Crippen molar-refractivity contribution >= 4 is 21.7 Å². The standard InChI is InChI=1S/C12H20N4O3S/c1-9(2)15(3)20(18,19)16(4)11-7-5-6-10(8-11)12(13)14-17/h5-9,17H,1-4H3,(H2,13,14). The second-order valence-electron chi connectivity index (χ2n) is 4.62. The first-order valence-corrected chi connectivity index (χ1v) is 7.41. The monoisotopic (exact) mass is 300 g/mol. The number of oxime groups is 1. The third-order valence-electron chi connectivity index (χ3n) is 3.05. The largest absolute Gasteiger partial charge is 0.409 e. The molecule has 7 nitrogen and oxygen atoms in total. The molecule has 0 radical (unpaired) electrons. The zero-order valence-corrected chi connectivity index (χ0v) is 12.8. The third-order valence-corrected chi connectivity index (χ3v) is 5.10. The maximum absolute atomic E-state index is 12.4. The fraction of sp³-hybridized carbons (Fsp3) is 0.417. The number of hydrogen-bond acceptors (Lipinski definition) is 4. The van der Waals surface area contributed by atoms with Gasteiger partial charge in [-0.05, 0) is 26.0 Å². The van der Waals surface area contributed by atoms with E-state index < -0.39 is 10.2 Å². The highest BCUT2D eigenvalue weighted by molar-refractivity contribution is 7.90. The molecule has 0 aromatic heterocycles. The van der Waals surface area contributed by atoms with E-state index in [4.69, 9.17) is 10.9 Å². The van der Waals surface area contributed by atoms with E-state index in [1.54, 1.807) is 38.1 Å².